The molecule has 38 heavy (non-hydrogen) atoms. The van der Waals surface area contributed by atoms with Crippen LogP contribution in [-0.4, -0.2) is 22.8 Å². The Hall–Kier alpha value is -2.49. The smallest absolute Gasteiger partial charge is 0.306 e. The van der Waals surface area contributed by atoms with Crippen LogP contribution in [0, 0.1) is 0 Å². The maximum atomic E-state index is 12.4. The van der Waals surface area contributed by atoms with E-state index in [1.807, 2.05) is 12.1 Å². The maximum absolute atomic E-state index is 12.4. The fraction of sp³-hybridized carbons (Fsp3) is 0.618. The van der Waals surface area contributed by atoms with Gasteiger partial charge in [-0.05, 0) is 62.5 Å². The van der Waals surface area contributed by atoms with Crippen molar-refractivity contribution in [2.75, 3.05) is 6.61 Å². The molecule has 0 atom stereocenters. The minimum Gasteiger partial charge on any atom is -0.507 e. The van der Waals surface area contributed by atoms with E-state index in [2.05, 4.69) is 81.4 Å². The summed E-state index contributed by atoms with van der Waals surface area (Å²) >= 11 is 0. The van der Waals surface area contributed by atoms with Gasteiger partial charge < -0.3 is 14.9 Å². The Morgan fingerprint density at radius 2 is 1.21 bits per heavy atom. The van der Waals surface area contributed by atoms with Gasteiger partial charge >= 0.3 is 5.97 Å². The monoisotopic (exact) mass is 524 g/mol. The summed E-state index contributed by atoms with van der Waals surface area (Å²) in [7, 11) is 0. The predicted octanol–water partition coefficient (Wildman–Crippen LogP) is 8.64. The first-order chi connectivity index (χ1) is 17.4. The summed E-state index contributed by atoms with van der Waals surface area (Å²) in [5, 5.41) is 22.5. The van der Waals surface area contributed by atoms with Crippen LogP contribution in [0.5, 0.6) is 11.5 Å². The van der Waals surface area contributed by atoms with E-state index in [-0.39, 0.29) is 22.2 Å². The molecule has 0 spiro atoms. The van der Waals surface area contributed by atoms with Gasteiger partial charge in [-0.15, -0.1) is 0 Å². The Kier molecular flexibility index (Phi) is 10.5. The van der Waals surface area contributed by atoms with Crippen LogP contribution in [0.1, 0.15) is 135 Å². The predicted molar refractivity (Wildman–Crippen MR) is 159 cm³/mol. The highest BCUT2D eigenvalue weighted by Gasteiger charge is 2.27. The molecule has 0 heterocycles. The van der Waals surface area contributed by atoms with Crippen LogP contribution >= 0.6 is 0 Å². The van der Waals surface area contributed by atoms with Gasteiger partial charge in [0, 0.05) is 12.8 Å². The molecular weight excluding hydrogens is 472 g/mol. The first-order valence-electron chi connectivity index (χ1n) is 14.3. The molecule has 0 amide bonds. The molecule has 0 bridgehead atoms. The first-order valence-corrected chi connectivity index (χ1v) is 14.3. The summed E-state index contributed by atoms with van der Waals surface area (Å²) in [4.78, 5) is 12.4. The van der Waals surface area contributed by atoms with Crippen molar-refractivity contribution in [3.63, 3.8) is 0 Å². The zero-order valence-electron chi connectivity index (χ0n) is 25.7. The van der Waals surface area contributed by atoms with Crippen LogP contribution in [0.3, 0.4) is 0 Å². The molecule has 0 unspecified atom stereocenters. The Bertz CT molecular complexity index is 1060. The second-order valence-corrected chi connectivity index (χ2v) is 13.9. The second-order valence-electron chi connectivity index (χ2n) is 13.9. The summed E-state index contributed by atoms with van der Waals surface area (Å²) in [5.74, 6) is 0.495. The number of hydrogen-bond donors (Lipinski definition) is 2. The minimum absolute atomic E-state index is 0.170. The molecule has 0 aromatic heterocycles. The summed E-state index contributed by atoms with van der Waals surface area (Å²) in [6, 6.07) is 8.21. The van der Waals surface area contributed by atoms with E-state index < -0.39 is 0 Å². The Balaban J connectivity index is 2.41. The average molecular weight is 525 g/mol. The van der Waals surface area contributed by atoms with Crippen LogP contribution < -0.4 is 0 Å². The van der Waals surface area contributed by atoms with Crippen LogP contribution in [0.2, 0.25) is 0 Å². The van der Waals surface area contributed by atoms with Crippen molar-refractivity contribution in [1.29, 1.82) is 0 Å². The molecule has 2 aromatic carbocycles. The number of hydrogen-bond acceptors (Lipinski definition) is 4. The highest BCUT2D eigenvalue weighted by Crippen LogP contribution is 2.41. The van der Waals surface area contributed by atoms with Crippen LogP contribution in [0.15, 0.2) is 24.3 Å². The van der Waals surface area contributed by atoms with Crippen molar-refractivity contribution in [1.82, 2.24) is 0 Å². The highest BCUT2D eigenvalue weighted by atomic mass is 16.5. The van der Waals surface area contributed by atoms with Gasteiger partial charge in [0.15, 0.2) is 0 Å². The van der Waals surface area contributed by atoms with Crippen molar-refractivity contribution >= 4 is 5.97 Å². The summed E-state index contributed by atoms with van der Waals surface area (Å²) in [5.41, 5.74) is 4.91. The molecule has 0 aliphatic heterocycles. The van der Waals surface area contributed by atoms with E-state index in [9.17, 15) is 15.0 Å². The molecule has 4 nitrogen and oxygen atoms in total. The van der Waals surface area contributed by atoms with Gasteiger partial charge in [0.2, 0.25) is 0 Å². The van der Waals surface area contributed by atoms with Gasteiger partial charge in [-0.1, -0.05) is 113 Å². The van der Waals surface area contributed by atoms with Crippen molar-refractivity contribution in [3.05, 3.63) is 57.6 Å². The van der Waals surface area contributed by atoms with Crippen molar-refractivity contribution < 1.29 is 19.7 Å². The molecule has 2 N–H and O–H groups in total. The lowest BCUT2D eigenvalue weighted by Crippen LogP contribution is -2.18. The normalized spacial score (nSPS) is 12.6. The topological polar surface area (TPSA) is 66.8 Å². The van der Waals surface area contributed by atoms with Gasteiger partial charge in [-0.25, -0.2) is 0 Å². The van der Waals surface area contributed by atoms with Gasteiger partial charge in [0.1, 0.15) is 11.5 Å². The molecule has 4 heteroatoms. The van der Waals surface area contributed by atoms with Gasteiger partial charge in [0.05, 0.1) is 6.61 Å². The lowest BCUT2D eigenvalue weighted by Gasteiger charge is -2.28. The molecular formula is C34H52O4. The molecule has 0 saturated heterocycles. The fourth-order valence-electron chi connectivity index (χ4n) is 4.80. The summed E-state index contributed by atoms with van der Waals surface area (Å²) in [6.07, 6.45) is 5.76. The van der Waals surface area contributed by atoms with Crippen molar-refractivity contribution in [3.8, 4) is 11.5 Å². The van der Waals surface area contributed by atoms with Gasteiger partial charge in [0.25, 0.3) is 0 Å². The Labute approximate surface area is 231 Å². The quantitative estimate of drug-likeness (QED) is 0.241. The number of benzene rings is 2. The molecule has 0 fully saturated rings. The number of carbonyl (C=O) groups is 1. The minimum atomic E-state index is -0.253. The number of aromatic hydroxyl groups is 2. The third kappa shape index (κ3) is 8.78. The van der Waals surface area contributed by atoms with E-state index in [1.165, 1.54) is 6.42 Å². The zero-order valence-corrected chi connectivity index (χ0v) is 25.7. The number of phenolic OH excluding ortho intramolecular Hbond substituents is 2. The standard InChI is InChI=1S/C34H52O4/c1-11-12-13-14-17-38-29(35)16-15-23-18-25(30(36)26(20-23)32(2,3)4)19-24-21-27(33(5,6)7)31(37)28(22-24)34(8,9)10/h18,20-22,36-37H,11-17,19H2,1-10H3. The molecule has 2 aromatic rings. The SMILES string of the molecule is CCCCCCOC(=O)CCc1cc(Cc2cc(C(C)(C)C)c(O)c(C(C)(C)C)c2)c(O)c(C(C)(C)C)c1. The zero-order chi connectivity index (χ0) is 28.9. The van der Waals surface area contributed by atoms with E-state index >= 15 is 0 Å². The molecule has 0 aliphatic carbocycles. The molecule has 0 aliphatic rings. The van der Waals surface area contributed by atoms with Gasteiger partial charge in [-0.2, -0.15) is 0 Å². The van der Waals surface area contributed by atoms with E-state index in [0.29, 0.717) is 37.4 Å². The third-order valence-electron chi connectivity index (χ3n) is 7.12. The number of esters is 1. The highest BCUT2D eigenvalue weighted by molar-refractivity contribution is 5.69. The number of ether oxygens (including phenoxy) is 1. The van der Waals surface area contributed by atoms with Crippen molar-refractivity contribution in [2.24, 2.45) is 0 Å². The average Bonchev–Trinajstić information content (AvgIpc) is 2.78. The van der Waals surface area contributed by atoms with Crippen LogP contribution in [0.4, 0.5) is 0 Å². The first kappa shape index (κ1) is 31.7. The Morgan fingerprint density at radius 3 is 1.71 bits per heavy atom. The maximum Gasteiger partial charge on any atom is 0.306 e. The molecule has 2 rings (SSSR count). The van der Waals surface area contributed by atoms with Crippen LogP contribution in [-0.2, 0) is 38.6 Å². The summed E-state index contributed by atoms with van der Waals surface area (Å²) < 4.78 is 5.45. The van der Waals surface area contributed by atoms with E-state index in [0.717, 1.165) is 52.6 Å². The number of aryl methyl sites for hydroxylation is 1. The second kappa shape index (κ2) is 12.6. The molecule has 0 radical (unpaired) electrons. The van der Waals surface area contributed by atoms with E-state index in [4.69, 9.17) is 4.74 Å². The van der Waals surface area contributed by atoms with Gasteiger partial charge in [-0.3, -0.25) is 4.79 Å². The molecule has 0 saturated carbocycles. The number of phenols is 2. The number of unbranched alkanes of at least 4 members (excludes halogenated alkanes) is 3. The van der Waals surface area contributed by atoms with E-state index in [1.54, 1.807) is 0 Å². The van der Waals surface area contributed by atoms with Crippen molar-refractivity contribution in [2.45, 2.75) is 130 Å². The van der Waals surface area contributed by atoms with Crippen LogP contribution in [0.25, 0.3) is 0 Å². The summed E-state index contributed by atoms with van der Waals surface area (Å²) in [6.45, 7) is 21.6. The molecule has 212 valence electrons. The Morgan fingerprint density at radius 1 is 0.711 bits per heavy atom. The number of carbonyl (C=O) groups excluding carboxylic acids is 1. The lowest BCUT2D eigenvalue weighted by atomic mass is 9.77. The third-order valence-corrected chi connectivity index (χ3v) is 7.12. The number of rotatable bonds is 10. The largest absolute Gasteiger partial charge is 0.507 e. The lowest BCUT2D eigenvalue weighted by molar-refractivity contribution is -0.143. The fourth-order valence-corrected chi connectivity index (χ4v) is 4.80.